The first-order chi connectivity index (χ1) is 10.0. The number of hydrogen-bond acceptors (Lipinski definition) is 2. The third-order valence-corrected chi connectivity index (χ3v) is 4.37. The number of rotatable bonds is 5. The molecule has 0 aliphatic heterocycles. The van der Waals surface area contributed by atoms with Gasteiger partial charge in [-0.05, 0) is 35.9 Å². The molecule has 0 aliphatic carbocycles. The number of benzene rings is 2. The van der Waals surface area contributed by atoms with Gasteiger partial charge in [0.1, 0.15) is 5.75 Å². The van der Waals surface area contributed by atoms with Crippen molar-refractivity contribution in [2.24, 2.45) is 0 Å². The summed E-state index contributed by atoms with van der Waals surface area (Å²) in [6.07, 6.45) is 0. The van der Waals surface area contributed by atoms with Crippen LogP contribution in [0.25, 0.3) is 0 Å². The second-order valence-electron chi connectivity index (χ2n) is 4.41. The number of hydrogen-bond donors (Lipinski definition) is 1. The second-order valence-corrected chi connectivity index (χ2v) is 6.74. The van der Waals surface area contributed by atoms with Crippen LogP contribution < -0.4 is 5.32 Å². The summed E-state index contributed by atoms with van der Waals surface area (Å²) in [7, 11) is -1.27. The number of halogens is 2. The fraction of sp³-hybridized carbons (Fsp3) is 0.133. The van der Waals surface area contributed by atoms with Crippen LogP contribution in [-0.2, 0) is 21.3 Å². The molecule has 0 saturated carbocycles. The van der Waals surface area contributed by atoms with Gasteiger partial charge in [0.15, 0.2) is 0 Å². The number of amides is 1. The molecule has 2 aromatic rings. The van der Waals surface area contributed by atoms with E-state index in [-0.39, 0.29) is 11.7 Å². The highest BCUT2D eigenvalue weighted by atomic mass is 35.5. The molecule has 1 N–H and O–H groups in total. The van der Waals surface area contributed by atoms with Crippen LogP contribution in [0.2, 0.25) is 10.0 Å². The van der Waals surface area contributed by atoms with Gasteiger partial charge in [-0.1, -0.05) is 41.4 Å². The molecule has 6 heteroatoms. The van der Waals surface area contributed by atoms with Gasteiger partial charge in [0.05, 0.1) is 0 Å². The predicted molar refractivity (Wildman–Crippen MR) is 88.2 cm³/mol. The Bertz CT molecular complexity index is 659. The Morgan fingerprint density at radius 3 is 2.43 bits per heavy atom. The van der Waals surface area contributed by atoms with Gasteiger partial charge in [-0.3, -0.25) is 9.00 Å². The molecule has 3 nitrogen and oxygen atoms in total. The molecule has 2 rings (SSSR count). The van der Waals surface area contributed by atoms with Crippen molar-refractivity contribution < 1.29 is 9.00 Å². The first-order valence-corrected chi connectivity index (χ1v) is 8.42. The third kappa shape index (κ3) is 5.50. The fourth-order valence-electron chi connectivity index (χ4n) is 1.73. The van der Waals surface area contributed by atoms with E-state index in [1.807, 2.05) is 0 Å². The van der Waals surface area contributed by atoms with Gasteiger partial charge in [0, 0.05) is 32.3 Å². The predicted octanol–water partition coefficient (Wildman–Crippen LogP) is 3.88. The van der Waals surface area contributed by atoms with Crippen molar-refractivity contribution in [3.05, 3.63) is 64.1 Å². The number of carbonyl (C=O) groups is 1. The monoisotopic (exact) mass is 341 g/mol. The SMILES string of the molecule is O=C(CS(=O)Cc1ccc(Cl)cc1)Nc1cccc(Cl)c1. The molecule has 0 saturated heterocycles. The van der Waals surface area contributed by atoms with Crippen molar-refractivity contribution in [3.63, 3.8) is 0 Å². The third-order valence-electron chi connectivity index (χ3n) is 2.64. The topological polar surface area (TPSA) is 46.2 Å². The lowest BCUT2D eigenvalue weighted by Crippen LogP contribution is -2.20. The molecule has 1 unspecified atom stereocenters. The van der Waals surface area contributed by atoms with E-state index in [9.17, 15) is 9.00 Å². The normalized spacial score (nSPS) is 11.9. The highest BCUT2D eigenvalue weighted by Gasteiger charge is 2.09. The summed E-state index contributed by atoms with van der Waals surface area (Å²) < 4.78 is 12.0. The summed E-state index contributed by atoms with van der Waals surface area (Å²) in [4.78, 5) is 11.8. The highest BCUT2D eigenvalue weighted by molar-refractivity contribution is 7.84. The smallest absolute Gasteiger partial charge is 0.237 e. The van der Waals surface area contributed by atoms with E-state index in [1.165, 1.54) is 0 Å². The molecule has 1 atom stereocenters. The van der Waals surface area contributed by atoms with E-state index >= 15 is 0 Å². The fourth-order valence-corrected chi connectivity index (χ4v) is 3.07. The Morgan fingerprint density at radius 1 is 1.05 bits per heavy atom. The molecule has 21 heavy (non-hydrogen) atoms. The lowest BCUT2D eigenvalue weighted by atomic mass is 10.2. The van der Waals surface area contributed by atoms with Crippen LogP contribution in [0.1, 0.15) is 5.56 Å². The minimum absolute atomic E-state index is 0.0604. The Balaban J connectivity index is 1.87. The highest BCUT2D eigenvalue weighted by Crippen LogP contribution is 2.15. The van der Waals surface area contributed by atoms with Crippen molar-refractivity contribution in [3.8, 4) is 0 Å². The molecule has 2 aromatic carbocycles. The Hall–Kier alpha value is -1.36. The van der Waals surface area contributed by atoms with Crippen LogP contribution in [0.4, 0.5) is 5.69 Å². The maximum atomic E-state index is 12.0. The van der Waals surface area contributed by atoms with Crippen LogP contribution in [-0.4, -0.2) is 15.9 Å². The van der Waals surface area contributed by atoms with Gasteiger partial charge >= 0.3 is 0 Å². The summed E-state index contributed by atoms with van der Waals surface area (Å²) in [5.74, 6) is -0.0421. The minimum atomic E-state index is -1.27. The Kier molecular flexibility index (Phi) is 5.79. The summed E-state index contributed by atoms with van der Waals surface area (Å²) in [5, 5.41) is 3.84. The molecular formula is C15H13Cl2NO2S. The summed E-state index contributed by atoms with van der Waals surface area (Å²) in [6, 6.07) is 13.9. The van der Waals surface area contributed by atoms with Crippen molar-refractivity contribution in [1.29, 1.82) is 0 Å². The first-order valence-electron chi connectivity index (χ1n) is 6.18. The molecule has 1 amide bonds. The zero-order valence-electron chi connectivity index (χ0n) is 11.0. The number of nitrogens with one attached hydrogen (secondary N) is 1. The van der Waals surface area contributed by atoms with Crippen LogP contribution in [0.3, 0.4) is 0 Å². The average Bonchev–Trinajstić information content (AvgIpc) is 2.41. The van der Waals surface area contributed by atoms with Crippen molar-refractivity contribution in [1.82, 2.24) is 0 Å². The lowest BCUT2D eigenvalue weighted by molar-refractivity contribution is -0.113. The lowest BCUT2D eigenvalue weighted by Gasteiger charge is -2.06. The Labute approximate surface area is 135 Å². The minimum Gasteiger partial charge on any atom is -0.325 e. The van der Waals surface area contributed by atoms with Crippen LogP contribution in [0.15, 0.2) is 48.5 Å². The van der Waals surface area contributed by atoms with Crippen LogP contribution in [0, 0.1) is 0 Å². The van der Waals surface area contributed by atoms with Crippen molar-refractivity contribution in [2.75, 3.05) is 11.1 Å². The van der Waals surface area contributed by atoms with E-state index in [0.717, 1.165) is 5.56 Å². The van der Waals surface area contributed by atoms with Crippen molar-refractivity contribution >= 4 is 45.6 Å². The summed E-state index contributed by atoms with van der Waals surface area (Å²) in [6.45, 7) is 0. The summed E-state index contributed by atoms with van der Waals surface area (Å²) >= 11 is 11.6. The first kappa shape index (κ1) is 16.0. The van der Waals surface area contributed by atoms with Crippen LogP contribution in [0.5, 0.6) is 0 Å². The quantitative estimate of drug-likeness (QED) is 0.896. The maximum absolute atomic E-state index is 12.0. The van der Waals surface area contributed by atoms with E-state index in [2.05, 4.69) is 5.32 Å². The van der Waals surface area contributed by atoms with Gasteiger partial charge in [0.2, 0.25) is 5.91 Å². The molecule has 0 aromatic heterocycles. The number of anilines is 1. The molecular weight excluding hydrogens is 329 g/mol. The molecule has 0 heterocycles. The molecule has 0 bridgehead atoms. The van der Waals surface area contributed by atoms with Gasteiger partial charge in [0.25, 0.3) is 0 Å². The molecule has 110 valence electrons. The van der Waals surface area contributed by atoms with Gasteiger partial charge in [-0.2, -0.15) is 0 Å². The zero-order valence-corrected chi connectivity index (χ0v) is 13.3. The van der Waals surface area contributed by atoms with Gasteiger partial charge in [-0.25, -0.2) is 0 Å². The van der Waals surface area contributed by atoms with Crippen LogP contribution >= 0.6 is 23.2 Å². The average molecular weight is 342 g/mol. The van der Waals surface area contributed by atoms with E-state index in [0.29, 0.717) is 21.5 Å². The molecule has 0 radical (unpaired) electrons. The molecule has 0 spiro atoms. The summed E-state index contributed by atoms with van der Waals surface area (Å²) in [5.41, 5.74) is 1.48. The zero-order chi connectivity index (χ0) is 15.2. The molecule has 0 aliphatic rings. The van der Waals surface area contributed by atoms with E-state index in [1.54, 1.807) is 48.5 Å². The van der Waals surface area contributed by atoms with E-state index < -0.39 is 10.8 Å². The van der Waals surface area contributed by atoms with Crippen molar-refractivity contribution in [2.45, 2.75) is 5.75 Å². The van der Waals surface area contributed by atoms with E-state index in [4.69, 9.17) is 23.2 Å². The van der Waals surface area contributed by atoms with Gasteiger partial charge in [-0.15, -0.1) is 0 Å². The standard InChI is InChI=1S/C15H13Cl2NO2S/c16-12-6-4-11(5-7-12)9-21(20)10-15(19)18-14-3-1-2-13(17)8-14/h1-8H,9-10H2,(H,18,19). The largest absolute Gasteiger partial charge is 0.325 e. The van der Waals surface area contributed by atoms with Gasteiger partial charge < -0.3 is 5.32 Å². The number of carbonyl (C=O) groups excluding carboxylic acids is 1. The maximum Gasteiger partial charge on any atom is 0.237 e. The Morgan fingerprint density at radius 2 is 1.76 bits per heavy atom. The second kappa shape index (κ2) is 7.59. The molecule has 0 fully saturated rings.